The Bertz CT molecular complexity index is 1650. The maximum absolute atomic E-state index is 14.7. The van der Waals surface area contributed by atoms with Gasteiger partial charge < -0.3 is 29.3 Å². The molecule has 6 rings (SSSR count). The van der Waals surface area contributed by atoms with E-state index in [1.165, 1.54) is 0 Å². The number of aliphatic hydroxyl groups is 1. The van der Waals surface area contributed by atoms with Crippen molar-refractivity contribution < 1.29 is 29.0 Å². The van der Waals surface area contributed by atoms with Crippen LogP contribution in [0.5, 0.6) is 0 Å². The van der Waals surface area contributed by atoms with Gasteiger partial charge in [-0.3, -0.25) is 14.4 Å². The number of ether oxygens (including phenoxy) is 1. The number of hydrogen-bond donors (Lipinski definition) is 2. The first kappa shape index (κ1) is 32.4. The molecule has 0 aliphatic carbocycles. The van der Waals surface area contributed by atoms with Crippen LogP contribution in [0.4, 0.5) is 11.4 Å². The van der Waals surface area contributed by atoms with Gasteiger partial charge in [0.05, 0.1) is 31.4 Å². The Morgan fingerprint density at radius 1 is 1.07 bits per heavy atom. The SMILES string of the molecule is C[C@@H]1[C@@H]([Si](C)(C)O)[C@H](CC(=O)N(CCO)Cc2ccccc2)O[C@@]12C(=O)N(Cc1cccc(N3CCC3=O)c1)c1ccc(Cl)cc12. The highest BCUT2D eigenvalue weighted by atomic mass is 35.5. The highest BCUT2D eigenvalue weighted by Gasteiger charge is 2.66. The summed E-state index contributed by atoms with van der Waals surface area (Å²) in [6, 6.07) is 22.5. The van der Waals surface area contributed by atoms with E-state index in [4.69, 9.17) is 16.3 Å². The summed E-state index contributed by atoms with van der Waals surface area (Å²) in [5.41, 5.74) is 1.99. The first-order chi connectivity index (χ1) is 21.9. The smallest absolute Gasteiger partial charge is 0.264 e. The Kier molecular flexibility index (Phi) is 8.86. The summed E-state index contributed by atoms with van der Waals surface area (Å²) < 4.78 is 6.84. The molecule has 3 aliphatic heterocycles. The quantitative estimate of drug-likeness (QED) is 0.238. The molecule has 2 saturated heterocycles. The lowest BCUT2D eigenvalue weighted by Gasteiger charge is -2.33. The molecule has 0 bridgehead atoms. The van der Waals surface area contributed by atoms with Crippen LogP contribution in [0.1, 0.15) is 36.5 Å². The zero-order valence-corrected chi connectivity index (χ0v) is 28.1. The van der Waals surface area contributed by atoms with Gasteiger partial charge in [0.1, 0.15) is 0 Å². The van der Waals surface area contributed by atoms with Crippen LogP contribution < -0.4 is 9.80 Å². The molecule has 242 valence electrons. The second-order valence-electron chi connectivity index (χ2n) is 13.1. The first-order valence-corrected chi connectivity index (χ1v) is 19.2. The predicted molar refractivity (Wildman–Crippen MR) is 179 cm³/mol. The number of β-lactam (4-membered cyclic amide) rings is 1. The van der Waals surface area contributed by atoms with E-state index in [9.17, 15) is 24.3 Å². The molecule has 3 aromatic carbocycles. The Labute approximate surface area is 275 Å². The largest absolute Gasteiger partial charge is 0.432 e. The molecular weight excluding hydrogens is 622 g/mol. The molecule has 4 atom stereocenters. The Hall–Kier alpha value is -3.54. The highest BCUT2D eigenvalue weighted by molar-refractivity contribution is 6.71. The van der Waals surface area contributed by atoms with E-state index in [1.54, 1.807) is 26.8 Å². The van der Waals surface area contributed by atoms with Crippen LogP contribution in [0.15, 0.2) is 72.8 Å². The zero-order chi connectivity index (χ0) is 32.8. The standard InChI is InChI=1S/C35H40ClN3O6Si/c1-23-33(46(2,3)44)30(20-32(42)37(16-17-40)21-24-8-5-4-6-9-24)45-35(23)28-19-26(36)12-13-29(28)39(34(35)43)22-25-10-7-11-27(18-25)38-15-14-31(38)41/h4-13,18-19,23,30,33,40,44H,14-17,20-22H2,1-3H3/t23-,30+,33-,35+/m1/s1. The van der Waals surface area contributed by atoms with E-state index >= 15 is 0 Å². The van der Waals surface area contributed by atoms with Gasteiger partial charge in [-0.05, 0) is 54.6 Å². The van der Waals surface area contributed by atoms with Crippen LogP contribution in [0.3, 0.4) is 0 Å². The number of amides is 3. The van der Waals surface area contributed by atoms with E-state index in [1.807, 2.05) is 80.7 Å². The fourth-order valence-corrected chi connectivity index (χ4v) is 10.2. The molecule has 9 nitrogen and oxygen atoms in total. The predicted octanol–water partition coefficient (Wildman–Crippen LogP) is 4.83. The summed E-state index contributed by atoms with van der Waals surface area (Å²) in [4.78, 5) is 57.3. The highest BCUT2D eigenvalue weighted by Crippen LogP contribution is 2.60. The Morgan fingerprint density at radius 3 is 2.46 bits per heavy atom. The summed E-state index contributed by atoms with van der Waals surface area (Å²) >= 11 is 6.53. The van der Waals surface area contributed by atoms with Gasteiger partial charge in [0, 0.05) is 53.8 Å². The maximum atomic E-state index is 14.7. The van der Waals surface area contributed by atoms with Crippen molar-refractivity contribution in [2.45, 2.75) is 63.2 Å². The molecule has 11 heteroatoms. The average Bonchev–Trinajstić information content (AvgIpc) is 3.43. The van der Waals surface area contributed by atoms with Gasteiger partial charge in [-0.2, -0.15) is 0 Å². The molecule has 2 fully saturated rings. The monoisotopic (exact) mass is 661 g/mol. The first-order valence-electron chi connectivity index (χ1n) is 15.8. The minimum atomic E-state index is -3.01. The number of halogens is 1. The van der Waals surface area contributed by atoms with E-state index in [0.29, 0.717) is 35.8 Å². The summed E-state index contributed by atoms with van der Waals surface area (Å²) in [5, 5.41) is 10.2. The molecule has 3 heterocycles. The maximum Gasteiger partial charge on any atom is 0.264 e. The second kappa shape index (κ2) is 12.6. The van der Waals surface area contributed by atoms with Gasteiger partial charge >= 0.3 is 0 Å². The normalized spacial score (nSPS) is 24.0. The van der Waals surface area contributed by atoms with E-state index < -0.39 is 31.5 Å². The lowest BCUT2D eigenvalue weighted by molar-refractivity contribution is -0.150. The summed E-state index contributed by atoms with van der Waals surface area (Å²) in [6.45, 7) is 6.77. The molecular formula is C35H40ClN3O6Si. The molecule has 46 heavy (non-hydrogen) atoms. The molecule has 2 N–H and O–H groups in total. The van der Waals surface area contributed by atoms with Crippen LogP contribution in [0.2, 0.25) is 23.7 Å². The second-order valence-corrected chi connectivity index (χ2v) is 17.5. The third-order valence-electron chi connectivity index (χ3n) is 9.67. The van der Waals surface area contributed by atoms with Gasteiger partial charge in [-0.15, -0.1) is 0 Å². The van der Waals surface area contributed by atoms with E-state index in [0.717, 1.165) is 16.8 Å². The van der Waals surface area contributed by atoms with Crippen LogP contribution in [-0.4, -0.2) is 66.6 Å². The third-order valence-corrected chi connectivity index (χ3v) is 12.4. The van der Waals surface area contributed by atoms with E-state index in [2.05, 4.69) is 0 Å². The number of carbonyl (C=O) groups excluding carboxylic acids is 3. The van der Waals surface area contributed by atoms with Crippen molar-refractivity contribution in [3.05, 3.63) is 94.5 Å². The molecule has 3 amide bonds. The lowest BCUT2D eigenvalue weighted by Crippen LogP contribution is -2.46. The Balaban J connectivity index is 1.33. The molecule has 3 aliphatic rings. The molecule has 3 aromatic rings. The van der Waals surface area contributed by atoms with Crippen molar-refractivity contribution >= 4 is 49.0 Å². The fourth-order valence-electron chi connectivity index (χ4n) is 7.52. The fraction of sp³-hybridized carbons (Fsp3) is 0.400. The molecule has 0 unspecified atom stereocenters. The number of carbonyl (C=O) groups is 3. The number of aliphatic hydroxyl groups excluding tert-OH is 1. The zero-order valence-electron chi connectivity index (χ0n) is 26.4. The van der Waals surface area contributed by atoms with E-state index in [-0.39, 0.29) is 43.8 Å². The minimum absolute atomic E-state index is 0.0460. The third kappa shape index (κ3) is 5.77. The average molecular weight is 662 g/mol. The summed E-state index contributed by atoms with van der Waals surface area (Å²) in [6.07, 6.45) is -0.252. The number of fused-ring (bicyclic) bond motifs is 2. The van der Waals surface area contributed by atoms with Crippen molar-refractivity contribution in [2.75, 3.05) is 29.5 Å². The van der Waals surface area contributed by atoms with Crippen molar-refractivity contribution in [3.8, 4) is 0 Å². The topological polar surface area (TPSA) is 111 Å². The number of anilines is 2. The van der Waals surface area contributed by atoms with Crippen LogP contribution in [-0.2, 0) is 37.8 Å². The summed E-state index contributed by atoms with van der Waals surface area (Å²) in [7, 11) is -3.01. The Morgan fingerprint density at radius 2 is 1.80 bits per heavy atom. The van der Waals surface area contributed by atoms with Crippen molar-refractivity contribution in [1.29, 1.82) is 0 Å². The minimum Gasteiger partial charge on any atom is -0.432 e. The van der Waals surface area contributed by atoms with Crippen molar-refractivity contribution in [1.82, 2.24) is 4.90 Å². The number of benzene rings is 3. The van der Waals surface area contributed by atoms with Gasteiger partial charge in [-0.1, -0.05) is 61.0 Å². The van der Waals surface area contributed by atoms with Crippen LogP contribution in [0.25, 0.3) is 0 Å². The summed E-state index contributed by atoms with van der Waals surface area (Å²) in [5.74, 6) is -0.874. The number of nitrogens with zero attached hydrogens (tertiary/aromatic N) is 3. The number of rotatable bonds is 10. The molecule has 0 saturated carbocycles. The van der Waals surface area contributed by atoms with Crippen LogP contribution in [0, 0.1) is 5.92 Å². The van der Waals surface area contributed by atoms with Gasteiger partial charge in [-0.25, -0.2) is 0 Å². The molecule has 0 radical (unpaired) electrons. The van der Waals surface area contributed by atoms with Crippen molar-refractivity contribution in [3.63, 3.8) is 0 Å². The molecule has 1 spiro atoms. The van der Waals surface area contributed by atoms with Gasteiger partial charge in [0.25, 0.3) is 5.91 Å². The van der Waals surface area contributed by atoms with Crippen molar-refractivity contribution in [2.24, 2.45) is 5.92 Å². The molecule has 0 aromatic heterocycles. The van der Waals surface area contributed by atoms with Gasteiger partial charge in [0.15, 0.2) is 13.9 Å². The number of hydrogen-bond acceptors (Lipinski definition) is 6. The van der Waals surface area contributed by atoms with Gasteiger partial charge in [0.2, 0.25) is 11.8 Å². The van der Waals surface area contributed by atoms with Crippen LogP contribution >= 0.6 is 11.6 Å². The lowest BCUT2D eigenvalue weighted by atomic mass is 9.82.